The van der Waals surface area contributed by atoms with E-state index in [1.54, 1.807) is 18.2 Å². The van der Waals surface area contributed by atoms with Gasteiger partial charge in [0.25, 0.3) is 5.79 Å². The minimum Gasteiger partial charge on any atom is -0.493 e. The maximum absolute atomic E-state index is 11.9. The number of hydrogen-bond acceptors (Lipinski definition) is 7. The molecule has 1 fully saturated rings. The van der Waals surface area contributed by atoms with E-state index in [9.17, 15) is 9.59 Å². The number of cyclic esters (lactones) is 2. The Balaban J connectivity index is 2.30. The molecule has 1 aliphatic rings. The summed E-state index contributed by atoms with van der Waals surface area (Å²) in [4.78, 5) is 23.8. The number of nitriles is 1. The van der Waals surface area contributed by atoms with Gasteiger partial charge in [0.15, 0.2) is 18.1 Å². The smallest absolute Gasteiger partial charge is 0.348 e. The number of esters is 2. The second kappa shape index (κ2) is 6.40. The Hall–Kier alpha value is -3.01. The van der Waals surface area contributed by atoms with Crippen molar-refractivity contribution in [3.63, 3.8) is 0 Å². The number of carbonyl (C=O) groups is 2. The van der Waals surface area contributed by atoms with E-state index in [2.05, 4.69) is 0 Å². The standard InChI is InChI=1S/C16H15NO6/c1-16(2)22-14(18)11(15(19)23-16)8-10-4-5-12(21-7-6-17)13(9-10)20-3/h4-5,8-9H,7H2,1-3H3. The SMILES string of the molecule is COc1cc(C=C2C(=O)OC(C)(C)OC2=O)ccc1OCC#N. The minimum absolute atomic E-state index is 0.121. The molecule has 0 aliphatic carbocycles. The second-order valence-corrected chi connectivity index (χ2v) is 5.09. The van der Waals surface area contributed by atoms with Gasteiger partial charge in [0, 0.05) is 13.8 Å². The van der Waals surface area contributed by atoms with Crippen molar-refractivity contribution in [2.75, 3.05) is 13.7 Å². The Morgan fingerprint density at radius 1 is 1.22 bits per heavy atom. The van der Waals surface area contributed by atoms with Crippen molar-refractivity contribution in [1.82, 2.24) is 0 Å². The summed E-state index contributed by atoms with van der Waals surface area (Å²) in [6, 6.07) is 6.61. The highest BCUT2D eigenvalue weighted by atomic mass is 16.7. The first kappa shape index (κ1) is 16.4. The summed E-state index contributed by atoms with van der Waals surface area (Å²) in [5.74, 6) is -2.04. The van der Waals surface area contributed by atoms with Gasteiger partial charge < -0.3 is 18.9 Å². The first-order valence-corrected chi connectivity index (χ1v) is 6.72. The second-order valence-electron chi connectivity index (χ2n) is 5.09. The van der Waals surface area contributed by atoms with E-state index in [0.717, 1.165) is 0 Å². The molecule has 1 heterocycles. The number of methoxy groups -OCH3 is 1. The van der Waals surface area contributed by atoms with Crippen LogP contribution in [0.3, 0.4) is 0 Å². The number of nitrogens with zero attached hydrogens (tertiary/aromatic N) is 1. The zero-order chi connectivity index (χ0) is 17.0. The quantitative estimate of drug-likeness (QED) is 0.475. The van der Waals surface area contributed by atoms with Gasteiger partial charge in [-0.1, -0.05) is 6.07 Å². The van der Waals surface area contributed by atoms with Crippen LogP contribution in [-0.4, -0.2) is 31.4 Å². The van der Waals surface area contributed by atoms with Gasteiger partial charge in [0.2, 0.25) is 0 Å². The molecule has 0 aromatic heterocycles. The molecular formula is C16H15NO6. The van der Waals surface area contributed by atoms with Gasteiger partial charge in [-0.2, -0.15) is 5.26 Å². The van der Waals surface area contributed by atoms with Gasteiger partial charge >= 0.3 is 11.9 Å². The van der Waals surface area contributed by atoms with Crippen LogP contribution in [0.1, 0.15) is 19.4 Å². The highest BCUT2D eigenvalue weighted by Crippen LogP contribution is 2.30. The molecule has 2 rings (SSSR count). The summed E-state index contributed by atoms with van der Waals surface area (Å²) in [5, 5.41) is 8.53. The maximum Gasteiger partial charge on any atom is 0.348 e. The molecule has 1 aromatic rings. The fraction of sp³-hybridized carbons (Fsp3) is 0.312. The fourth-order valence-electron chi connectivity index (χ4n) is 1.95. The molecule has 0 radical (unpaired) electrons. The van der Waals surface area contributed by atoms with Gasteiger partial charge in [-0.25, -0.2) is 9.59 Å². The van der Waals surface area contributed by atoms with Gasteiger partial charge in [-0.05, 0) is 23.8 Å². The molecule has 1 aromatic carbocycles. The summed E-state index contributed by atoms with van der Waals surface area (Å²) in [7, 11) is 1.44. The van der Waals surface area contributed by atoms with Crippen molar-refractivity contribution in [2.24, 2.45) is 0 Å². The Kier molecular flexibility index (Phi) is 4.55. The highest BCUT2D eigenvalue weighted by molar-refractivity contribution is 6.18. The third-order valence-corrected chi connectivity index (χ3v) is 2.91. The molecule has 0 atom stereocenters. The third kappa shape index (κ3) is 3.80. The van der Waals surface area contributed by atoms with Crippen molar-refractivity contribution in [1.29, 1.82) is 5.26 Å². The lowest BCUT2D eigenvalue weighted by atomic mass is 10.1. The normalized spacial score (nSPS) is 16.0. The summed E-state index contributed by atoms with van der Waals surface area (Å²) < 4.78 is 20.4. The summed E-state index contributed by atoms with van der Waals surface area (Å²) in [5.41, 5.74) is 0.312. The predicted octanol–water partition coefficient (Wildman–Crippen LogP) is 1.82. The number of carbonyl (C=O) groups excluding carboxylic acids is 2. The molecule has 0 N–H and O–H groups in total. The number of rotatable bonds is 4. The zero-order valence-corrected chi connectivity index (χ0v) is 12.9. The van der Waals surface area contributed by atoms with Crippen molar-refractivity contribution in [2.45, 2.75) is 19.6 Å². The van der Waals surface area contributed by atoms with Crippen LogP contribution in [-0.2, 0) is 19.1 Å². The van der Waals surface area contributed by atoms with Gasteiger partial charge in [0.1, 0.15) is 11.6 Å². The Labute approximate surface area is 133 Å². The Morgan fingerprint density at radius 2 is 1.87 bits per heavy atom. The fourth-order valence-corrected chi connectivity index (χ4v) is 1.95. The molecule has 0 spiro atoms. The van der Waals surface area contributed by atoms with Gasteiger partial charge in [0.05, 0.1) is 7.11 Å². The number of benzene rings is 1. The van der Waals surface area contributed by atoms with Crippen LogP contribution in [0.15, 0.2) is 23.8 Å². The van der Waals surface area contributed by atoms with Gasteiger partial charge in [-0.3, -0.25) is 0 Å². The first-order chi connectivity index (χ1) is 10.9. The van der Waals surface area contributed by atoms with Crippen molar-refractivity contribution >= 4 is 18.0 Å². The molecular weight excluding hydrogens is 302 g/mol. The van der Waals surface area contributed by atoms with Crippen molar-refractivity contribution < 1.29 is 28.5 Å². The lowest BCUT2D eigenvalue weighted by Gasteiger charge is -2.29. The minimum atomic E-state index is -1.28. The predicted molar refractivity (Wildman–Crippen MR) is 78.3 cm³/mol. The van der Waals surface area contributed by atoms with Crippen LogP contribution in [0.25, 0.3) is 6.08 Å². The Morgan fingerprint density at radius 3 is 2.43 bits per heavy atom. The van der Waals surface area contributed by atoms with Gasteiger partial charge in [-0.15, -0.1) is 0 Å². The van der Waals surface area contributed by atoms with E-state index in [1.165, 1.54) is 27.0 Å². The van der Waals surface area contributed by atoms with E-state index in [-0.39, 0.29) is 12.2 Å². The number of ether oxygens (including phenoxy) is 4. The van der Waals surface area contributed by atoms with E-state index in [4.69, 9.17) is 24.2 Å². The summed E-state index contributed by atoms with van der Waals surface area (Å²) in [6.07, 6.45) is 1.34. The lowest BCUT2D eigenvalue weighted by molar-refractivity contribution is -0.222. The van der Waals surface area contributed by atoms with Crippen LogP contribution in [0.2, 0.25) is 0 Å². The third-order valence-electron chi connectivity index (χ3n) is 2.91. The average molecular weight is 317 g/mol. The lowest BCUT2D eigenvalue weighted by Crippen LogP contribution is -2.41. The van der Waals surface area contributed by atoms with Crippen LogP contribution in [0.5, 0.6) is 11.5 Å². The molecule has 7 nitrogen and oxygen atoms in total. The van der Waals surface area contributed by atoms with E-state index < -0.39 is 17.7 Å². The summed E-state index contributed by atoms with van der Waals surface area (Å²) >= 11 is 0. The molecule has 1 saturated heterocycles. The van der Waals surface area contributed by atoms with Crippen LogP contribution < -0.4 is 9.47 Å². The molecule has 7 heteroatoms. The molecule has 0 saturated carbocycles. The maximum atomic E-state index is 11.9. The van der Waals surface area contributed by atoms with Crippen molar-refractivity contribution in [3.05, 3.63) is 29.3 Å². The van der Waals surface area contributed by atoms with E-state index in [0.29, 0.717) is 17.1 Å². The molecule has 0 bridgehead atoms. The van der Waals surface area contributed by atoms with Crippen LogP contribution in [0, 0.1) is 11.3 Å². The first-order valence-electron chi connectivity index (χ1n) is 6.72. The largest absolute Gasteiger partial charge is 0.493 e. The molecule has 23 heavy (non-hydrogen) atoms. The van der Waals surface area contributed by atoms with E-state index in [1.807, 2.05) is 6.07 Å². The Bertz CT molecular complexity index is 692. The molecule has 1 aliphatic heterocycles. The average Bonchev–Trinajstić information content (AvgIpc) is 2.48. The molecule has 0 amide bonds. The monoisotopic (exact) mass is 317 g/mol. The molecule has 0 unspecified atom stereocenters. The zero-order valence-electron chi connectivity index (χ0n) is 12.9. The van der Waals surface area contributed by atoms with Crippen molar-refractivity contribution in [3.8, 4) is 17.6 Å². The number of hydrogen-bond donors (Lipinski definition) is 0. The summed E-state index contributed by atoms with van der Waals surface area (Å²) in [6.45, 7) is 2.83. The van der Waals surface area contributed by atoms with Crippen LogP contribution >= 0.6 is 0 Å². The topological polar surface area (TPSA) is 94.8 Å². The highest BCUT2D eigenvalue weighted by Gasteiger charge is 2.38. The molecule has 120 valence electrons. The van der Waals surface area contributed by atoms with Crippen LogP contribution in [0.4, 0.5) is 0 Å². The van der Waals surface area contributed by atoms with E-state index >= 15 is 0 Å².